The van der Waals surface area contributed by atoms with Gasteiger partial charge in [-0.25, -0.2) is 0 Å². The number of hydrogen-bond donors (Lipinski definition) is 0. The summed E-state index contributed by atoms with van der Waals surface area (Å²) < 4.78 is 6.15. The van der Waals surface area contributed by atoms with Crippen molar-refractivity contribution in [1.29, 1.82) is 5.26 Å². The lowest BCUT2D eigenvalue weighted by Crippen LogP contribution is -1.96. The lowest BCUT2D eigenvalue weighted by molar-refractivity contribution is -0.386. The monoisotopic (exact) mass is 332 g/mol. The predicted molar refractivity (Wildman–Crippen MR) is 76.8 cm³/mol. The van der Waals surface area contributed by atoms with Crippen LogP contribution in [0.3, 0.4) is 0 Å². The first kappa shape index (κ1) is 14.0. The highest BCUT2D eigenvalue weighted by atomic mass is 79.9. The molecular weight excluding hydrogens is 324 g/mol. The van der Waals surface area contributed by atoms with Crippen LogP contribution >= 0.6 is 15.9 Å². The summed E-state index contributed by atoms with van der Waals surface area (Å²) in [6, 6.07) is 11.7. The third-order valence-corrected chi connectivity index (χ3v) is 3.28. The van der Waals surface area contributed by atoms with E-state index in [-0.39, 0.29) is 11.4 Å². The molecule has 5 nitrogen and oxygen atoms in total. The minimum atomic E-state index is -0.470. The van der Waals surface area contributed by atoms with Gasteiger partial charge in [-0.2, -0.15) is 5.26 Å². The molecule has 0 heterocycles. The van der Waals surface area contributed by atoms with E-state index in [9.17, 15) is 10.1 Å². The Bertz CT molecular complexity index is 723. The molecule has 0 aromatic heterocycles. The number of ether oxygens (including phenoxy) is 1. The Morgan fingerprint density at radius 1 is 1.30 bits per heavy atom. The summed E-state index contributed by atoms with van der Waals surface area (Å²) in [6.07, 6.45) is 0. The van der Waals surface area contributed by atoms with Gasteiger partial charge in [-0.1, -0.05) is 12.1 Å². The van der Waals surface area contributed by atoms with Crippen LogP contribution < -0.4 is 4.74 Å². The maximum absolute atomic E-state index is 11.1. The van der Waals surface area contributed by atoms with E-state index in [1.807, 2.05) is 6.07 Å². The van der Waals surface area contributed by atoms with Gasteiger partial charge in [0.25, 0.3) is 0 Å². The summed E-state index contributed by atoms with van der Waals surface area (Å²) in [5, 5.41) is 19.9. The van der Waals surface area contributed by atoms with E-state index in [4.69, 9.17) is 10.00 Å². The number of halogens is 1. The van der Waals surface area contributed by atoms with Crippen molar-refractivity contribution < 1.29 is 9.66 Å². The van der Waals surface area contributed by atoms with Crippen molar-refractivity contribution in [3.63, 3.8) is 0 Å². The molecule has 0 N–H and O–H groups in total. The Labute approximate surface area is 123 Å². The van der Waals surface area contributed by atoms with Crippen LogP contribution in [0.1, 0.15) is 11.1 Å². The van der Waals surface area contributed by atoms with Crippen molar-refractivity contribution in [3.05, 3.63) is 62.1 Å². The molecule has 6 heteroatoms. The molecule has 2 aromatic carbocycles. The summed E-state index contributed by atoms with van der Waals surface area (Å²) in [4.78, 5) is 10.6. The second-order valence-corrected chi connectivity index (χ2v) is 4.89. The molecule has 0 saturated heterocycles. The highest BCUT2D eigenvalue weighted by molar-refractivity contribution is 9.10. The smallest absolute Gasteiger partial charge is 0.314 e. The zero-order valence-corrected chi connectivity index (χ0v) is 12.0. The molecule has 0 bridgehead atoms. The number of nitrogens with zero attached hydrogens (tertiary/aromatic N) is 2. The predicted octanol–water partition coefficient (Wildman–Crippen LogP) is 4.33. The van der Waals surface area contributed by atoms with Gasteiger partial charge in [0.1, 0.15) is 5.75 Å². The highest BCUT2D eigenvalue weighted by Crippen LogP contribution is 2.36. The first-order valence-corrected chi connectivity index (χ1v) is 6.43. The molecule has 0 radical (unpaired) electrons. The molecule has 20 heavy (non-hydrogen) atoms. The maximum atomic E-state index is 11.1. The van der Waals surface area contributed by atoms with Gasteiger partial charge in [0.15, 0.2) is 0 Å². The van der Waals surface area contributed by atoms with Gasteiger partial charge in [0.2, 0.25) is 5.75 Å². The normalized spacial score (nSPS) is 9.85. The Morgan fingerprint density at radius 3 is 2.65 bits per heavy atom. The van der Waals surface area contributed by atoms with Gasteiger partial charge in [-0.15, -0.1) is 0 Å². The van der Waals surface area contributed by atoms with Crippen LogP contribution in [0.5, 0.6) is 11.5 Å². The van der Waals surface area contributed by atoms with E-state index in [1.165, 1.54) is 6.07 Å². The molecule has 0 unspecified atom stereocenters. The first-order chi connectivity index (χ1) is 9.52. The molecule has 0 amide bonds. The summed E-state index contributed by atoms with van der Waals surface area (Å²) in [5.41, 5.74) is 0.934. The van der Waals surface area contributed by atoms with Gasteiger partial charge in [0, 0.05) is 5.56 Å². The van der Waals surface area contributed by atoms with Crippen LogP contribution in [-0.2, 0) is 0 Å². The number of nitriles is 1. The molecule has 0 aliphatic rings. The summed E-state index contributed by atoms with van der Waals surface area (Å²) in [6.45, 7) is 1.65. The molecule has 2 aromatic rings. The Kier molecular flexibility index (Phi) is 4.01. The van der Waals surface area contributed by atoms with E-state index < -0.39 is 4.92 Å². The number of benzene rings is 2. The third-order valence-electron chi connectivity index (χ3n) is 2.66. The molecular formula is C14H9BrN2O3. The fourth-order valence-corrected chi connectivity index (χ4v) is 2.18. The number of hydrogen-bond acceptors (Lipinski definition) is 4. The van der Waals surface area contributed by atoms with Crippen molar-refractivity contribution in [2.45, 2.75) is 6.92 Å². The standard InChI is InChI=1S/C14H9BrN2O3/c1-9-3-2-4-13(14(9)17(18)19)20-12-6-5-10(8-16)7-11(12)15/h2-7H,1H3. The minimum absolute atomic E-state index is 0.0660. The molecule has 0 aliphatic heterocycles. The average molecular weight is 333 g/mol. The van der Waals surface area contributed by atoms with Crippen molar-refractivity contribution >= 4 is 21.6 Å². The number of aryl methyl sites for hydroxylation is 1. The number of rotatable bonds is 3. The highest BCUT2D eigenvalue weighted by Gasteiger charge is 2.19. The SMILES string of the molecule is Cc1cccc(Oc2ccc(C#N)cc2Br)c1[N+](=O)[O-]. The topological polar surface area (TPSA) is 76.2 Å². The van der Waals surface area contributed by atoms with Crippen LogP contribution in [0.25, 0.3) is 0 Å². The zero-order valence-electron chi connectivity index (χ0n) is 10.5. The second kappa shape index (κ2) is 5.72. The fraction of sp³-hybridized carbons (Fsp3) is 0.0714. The lowest BCUT2D eigenvalue weighted by atomic mass is 10.2. The quantitative estimate of drug-likeness (QED) is 0.619. The molecule has 0 aliphatic carbocycles. The summed E-state index contributed by atoms with van der Waals surface area (Å²) >= 11 is 3.28. The lowest BCUT2D eigenvalue weighted by Gasteiger charge is -2.09. The van der Waals surface area contributed by atoms with Crippen LogP contribution in [0.4, 0.5) is 5.69 Å². The van der Waals surface area contributed by atoms with Gasteiger partial charge in [-0.3, -0.25) is 10.1 Å². The number of nitro benzene ring substituents is 1. The van der Waals surface area contributed by atoms with Gasteiger partial charge in [0.05, 0.1) is 21.0 Å². The molecule has 0 atom stereocenters. The largest absolute Gasteiger partial charge is 0.449 e. The maximum Gasteiger partial charge on any atom is 0.314 e. The van der Waals surface area contributed by atoms with Crippen molar-refractivity contribution in [2.75, 3.05) is 0 Å². The number of nitro groups is 1. The van der Waals surface area contributed by atoms with Gasteiger partial charge in [-0.05, 0) is 47.1 Å². The van der Waals surface area contributed by atoms with Crippen molar-refractivity contribution in [3.8, 4) is 17.6 Å². The summed E-state index contributed by atoms with van der Waals surface area (Å²) in [5.74, 6) is 0.582. The third kappa shape index (κ3) is 2.78. The average Bonchev–Trinajstić information content (AvgIpc) is 2.40. The van der Waals surface area contributed by atoms with E-state index in [0.717, 1.165) is 0 Å². The molecule has 0 spiro atoms. The van der Waals surface area contributed by atoms with Crippen LogP contribution in [0, 0.1) is 28.4 Å². The molecule has 0 fully saturated rings. The zero-order chi connectivity index (χ0) is 14.7. The van der Waals surface area contributed by atoms with Crippen molar-refractivity contribution in [2.24, 2.45) is 0 Å². The molecule has 0 saturated carbocycles. The fourth-order valence-electron chi connectivity index (χ4n) is 1.72. The Hall–Kier alpha value is -2.39. The van der Waals surface area contributed by atoms with E-state index in [1.54, 1.807) is 37.3 Å². The summed E-state index contributed by atoms with van der Waals surface area (Å²) in [7, 11) is 0. The Morgan fingerprint density at radius 2 is 2.05 bits per heavy atom. The van der Waals surface area contributed by atoms with E-state index in [0.29, 0.717) is 21.3 Å². The Balaban J connectivity index is 2.43. The van der Waals surface area contributed by atoms with E-state index >= 15 is 0 Å². The van der Waals surface area contributed by atoms with Crippen molar-refractivity contribution in [1.82, 2.24) is 0 Å². The molecule has 100 valence electrons. The van der Waals surface area contributed by atoms with Gasteiger partial charge >= 0.3 is 5.69 Å². The van der Waals surface area contributed by atoms with Gasteiger partial charge < -0.3 is 4.74 Å². The first-order valence-electron chi connectivity index (χ1n) is 5.64. The molecule has 2 rings (SSSR count). The van der Waals surface area contributed by atoms with Crippen LogP contribution in [-0.4, -0.2) is 4.92 Å². The van der Waals surface area contributed by atoms with Crippen LogP contribution in [0.2, 0.25) is 0 Å². The second-order valence-electron chi connectivity index (χ2n) is 4.04. The van der Waals surface area contributed by atoms with E-state index in [2.05, 4.69) is 15.9 Å². The number of para-hydroxylation sites is 1. The minimum Gasteiger partial charge on any atom is -0.449 e. The van der Waals surface area contributed by atoms with Crippen LogP contribution in [0.15, 0.2) is 40.9 Å².